The molecule has 1 unspecified atom stereocenters. The summed E-state index contributed by atoms with van der Waals surface area (Å²) in [6, 6.07) is 3.31. The van der Waals surface area contributed by atoms with Crippen LogP contribution in [0.5, 0.6) is 0 Å². The number of sulfonamides is 1. The molecule has 310 valence electrons. The second kappa shape index (κ2) is 16.6. The zero-order chi connectivity index (χ0) is 41.3. The van der Waals surface area contributed by atoms with Gasteiger partial charge >= 0.3 is 12.2 Å². The number of nitrogens with zero attached hydrogens (tertiary/aromatic N) is 2. The molecule has 3 N–H and O–H groups in total. The Hall–Kier alpha value is -4.73. The molecule has 5 amide bonds. The van der Waals surface area contributed by atoms with Crippen molar-refractivity contribution < 1.29 is 46.7 Å². The van der Waals surface area contributed by atoms with Crippen LogP contribution in [-0.2, 0) is 51.8 Å². The van der Waals surface area contributed by atoms with Crippen molar-refractivity contribution in [1.82, 2.24) is 25.2 Å². The largest absolute Gasteiger partial charge is 0.449 e. The average molecular weight is 810 g/mol. The standard InChI is InChI=1S/C41H55N5O10S/c1-6-28-20-41(28,37(50)44-57(53,54)31-14-15-31)43-35(48)34-19-30-22-46(34)36(49)33(16-13-29(47)18-25(2)3)42-38(51)55-24-40(4,5)17-8-7-10-26-11-9-12-27-21-45(23-32(26)27)39(52)56-30/h7,9-12,18,28,30-31,33-34H,6,8,13-17,19-24H2,1-5H3,(H,42,51)(H,43,48)(H,44,50)/b10-7+/t28-,30-,33+,34?,41-/m1/s1. The van der Waals surface area contributed by atoms with Crippen molar-refractivity contribution in [3.63, 3.8) is 0 Å². The fourth-order valence-corrected chi connectivity index (χ4v) is 9.32. The summed E-state index contributed by atoms with van der Waals surface area (Å²) >= 11 is 0. The molecule has 57 heavy (non-hydrogen) atoms. The molecular weight excluding hydrogens is 755 g/mol. The van der Waals surface area contributed by atoms with E-state index in [1.165, 1.54) is 11.0 Å². The number of fused-ring (bicyclic) bond motifs is 3. The van der Waals surface area contributed by atoms with Crippen LogP contribution in [0.2, 0.25) is 0 Å². The topological polar surface area (TPSA) is 198 Å². The first-order chi connectivity index (χ1) is 26.9. The number of cyclic esters (lactones) is 1. The monoisotopic (exact) mass is 809 g/mol. The summed E-state index contributed by atoms with van der Waals surface area (Å²) in [5.41, 5.74) is 1.77. The minimum absolute atomic E-state index is 0.0476. The third-order valence-corrected chi connectivity index (χ3v) is 13.4. The van der Waals surface area contributed by atoms with Gasteiger partial charge in [-0.25, -0.2) is 18.0 Å². The van der Waals surface area contributed by atoms with Crippen molar-refractivity contribution in [3.05, 3.63) is 52.6 Å². The Morgan fingerprint density at radius 3 is 2.53 bits per heavy atom. The maximum atomic E-state index is 14.6. The van der Waals surface area contributed by atoms with Gasteiger partial charge in [0.05, 0.1) is 24.9 Å². The Morgan fingerprint density at radius 2 is 1.84 bits per heavy atom. The van der Waals surface area contributed by atoms with Gasteiger partial charge in [0.25, 0.3) is 5.91 Å². The van der Waals surface area contributed by atoms with Gasteiger partial charge in [-0.05, 0) is 86.5 Å². The highest BCUT2D eigenvalue weighted by atomic mass is 32.2. The number of hydrogen-bond donors (Lipinski definition) is 3. The summed E-state index contributed by atoms with van der Waals surface area (Å²) in [5, 5.41) is 4.77. The van der Waals surface area contributed by atoms with Crippen molar-refractivity contribution in [2.45, 2.75) is 134 Å². The third kappa shape index (κ3) is 9.87. The van der Waals surface area contributed by atoms with E-state index in [9.17, 15) is 37.2 Å². The maximum Gasteiger partial charge on any atom is 0.410 e. The smallest absolute Gasteiger partial charge is 0.410 e. The minimum atomic E-state index is -3.92. The molecule has 15 nitrogen and oxygen atoms in total. The molecule has 5 aliphatic rings. The third-order valence-electron chi connectivity index (χ3n) is 11.5. The van der Waals surface area contributed by atoms with Crippen molar-refractivity contribution >= 4 is 51.8 Å². The van der Waals surface area contributed by atoms with Crippen LogP contribution in [0.15, 0.2) is 35.9 Å². The molecule has 1 aromatic carbocycles. The van der Waals surface area contributed by atoms with Gasteiger partial charge in [0.1, 0.15) is 23.7 Å². The lowest BCUT2D eigenvalue weighted by Gasteiger charge is -2.30. The van der Waals surface area contributed by atoms with Gasteiger partial charge in [0, 0.05) is 19.4 Å². The number of nitrogens with one attached hydrogen (secondary N) is 3. The number of allylic oxidation sites excluding steroid dienone is 3. The number of alkyl carbamates (subject to hydrolysis) is 1. The van der Waals surface area contributed by atoms with Crippen molar-refractivity contribution in [2.24, 2.45) is 11.3 Å². The fourth-order valence-electron chi connectivity index (χ4n) is 7.96. The van der Waals surface area contributed by atoms with Crippen LogP contribution in [0.3, 0.4) is 0 Å². The lowest BCUT2D eigenvalue weighted by Crippen LogP contribution is -2.58. The van der Waals surface area contributed by atoms with Crippen molar-refractivity contribution in [1.29, 1.82) is 0 Å². The Labute approximate surface area is 334 Å². The molecular formula is C41H55N5O10S. The SMILES string of the molecule is CC[C@@H]1C[C@]1(NC(=O)C1C[C@@H]2CN1C(=O)[C@H](CCC(=O)C=C(C)C)NC(=O)OCC(C)(C)CC/C=C/c1cccc3c1CN(C3)C(=O)O2)C(=O)NS(=O)(=O)C1CC1. The normalized spacial score (nSPS) is 28.0. The Balaban J connectivity index is 1.29. The number of amides is 5. The number of ketones is 1. The molecule has 3 fully saturated rings. The fraction of sp³-hybridized carbons (Fsp3) is 0.610. The second-order valence-electron chi connectivity index (χ2n) is 17.1. The van der Waals surface area contributed by atoms with Crippen LogP contribution in [0.1, 0.15) is 109 Å². The first-order valence-corrected chi connectivity index (χ1v) is 21.5. The van der Waals surface area contributed by atoms with E-state index in [0.717, 1.165) is 22.3 Å². The number of rotatable bonds is 10. The molecule has 4 bridgehead atoms. The number of ether oxygens (including phenoxy) is 2. The summed E-state index contributed by atoms with van der Waals surface area (Å²) < 4.78 is 39.3. The molecule has 5 atom stereocenters. The molecule has 3 aliphatic heterocycles. The van der Waals surface area contributed by atoms with Crippen LogP contribution < -0.4 is 15.4 Å². The molecule has 6 rings (SSSR count). The molecule has 3 heterocycles. The Bertz CT molecular complexity index is 1970. The first-order valence-electron chi connectivity index (χ1n) is 19.9. The molecule has 0 spiro atoms. The van der Waals surface area contributed by atoms with Gasteiger partial charge in [-0.15, -0.1) is 0 Å². The predicted molar refractivity (Wildman–Crippen MR) is 209 cm³/mol. The van der Waals surface area contributed by atoms with Crippen LogP contribution >= 0.6 is 0 Å². The Morgan fingerprint density at radius 1 is 1.09 bits per heavy atom. The number of carbonyl (C=O) groups is 6. The summed E-state index contributed by atoms with van der Waals surface area (Å²) in [7, 11) is -3.92. The van der Waals surface area contributed by atoms with E-state index >= 15 is 0 Å². The van der Waals surface area contributed by atoms with E-state index in [1.807, 2.05) is 45.0 Å². The Kier molecular flexibility index (Phi) is 12.2. The highest BCUT2D eigenvalue weighted by Gasteiger charge is 2.62. The molecule has 0 aromatic heterocycles. The van der Waals surface area contributed by atoms with Gasteiger partial charge < -0.3 is 25.0 Å². The van der Waals surface area contributed by atoms with E-state index in [2.05, 4.69) is 21.4 Å². The zero-order valence-electron chi connectivity index (χ0n) is 33.4. The van der Waals surface area contributed by atoms with Gasteiger partial charge in [0.2, 0.25) is 21.8 Å². The molecule has 2 aliphatic carbocycles. The summed E-state index contributed by atoms with van der Waals surface area (Å²) in [6.45, 7) is 9.75. The molecule has 0 radical (unpaired) electrons. The van der Waals surface area contributed by atoms with E-state index in [1.54, 1.807) is 18.7 Å². The van der Waals surface area contributed by atoms with Gasteiger partial charge in [0.15, 0.2) is 5.78 Å². The number of carbonyl (C=O) groups excluding carboxylic acids is 6. The number of benzene rings is 1. The quantitative estimate of drug-likeness (QED) is 0.288. The molecule has 1 saturated heterocycles. The lowest BCUT2D eigenvalue weighted by molar-refractivity contribution is -0.141. The van der Waals surface area contributed by atoms with Crippen molar-refractivity contribution in [3.8, 4) is 0 Å². The van der Waals surface area contributed by atoms with Crippen LogP contribution in [0.4, 0.5) is 9.59 Å². The molecule has 2 saturated carbocycles. The van der Waals surface area contributed by atoms with Crippen LogP contribution in [0, 0.1) is 11.3 Å². The minimum Gasteiger partial charge on any atom is -0.449 e. The summed E-state index contributed by atoms with van der Waals surface area (Å²) in [5.74, 6) is -2.88. The maximum absolute atomic E-state index is 14.6. The first kappa shape index (κ1) is 41.9. The van der Waals surface area contributed by atoms with Crippen LogP contribution in [0.25, 0.3) is 6.08 Å². The van der Waals surface area contributed by atoms with E-state index in [0.29, 0.717) is 45.2 Å². The van der Waals surface area contributed by atoms with Crippen LogP contribution in [-0.4, -0.2) is 96.0 Å². The van der Waals surface area contributed by atoms with E-state index in [4.69, 9.17) is 9.47 Å². The summed E-state index contributed by atoms with van der Waals surface area (Å²) in [4.78, 5) is 85.0. The van der Waals surface area contributed by atoms with Gasteiger partial charge in [-0.2, -0.15) is 0 Å². The summed E-state index contributed by atoms with van der Waals surface area (Å²) in [6.07, 6.45) is 5.67. The van der Waals surface area contributed by atoms with E-state index < -0.39 is 74.3 Å². The lowest BCUT2D eigenvalue weighted by atomic mass is 9.88. The second-order valence-corrected chi connectivity index (χ2v) is 19.1. The van der Waals surface area contributed by atoms with Crippen molar-refractivity contribution in [2.75, 3.05) is 13.2 Å². The highest BCUT2D eigenvalue weighted by Crippen LogP contribution is 2.47. The number of hydrogen-bond acceptors (Lipinski definition) is 10. The average Bonchev–Trinajstić information content (AvgIpc) is 4.04. The molecule has 16 heteroatoms. The predicted octanol–water partition coefficient (Wildman–Crippen LogP) is 4.25. The zero-order valence-corrected chi connectivity index (χ0v) is 34.2. The van der Waals surface area contributed by atoms with E-state index in [-0.39, 0.29) is 50.5 Å². The molecule has 1 aromatic rings. The van der Waals surface area contributed by atoms with Gasteiger partial charge in [-0.1, -0.05) is 63.1 Å². The highest BCUT2D eigenvalue weighted by molar-refractivity contribution is 7.91. The van der Waals surface area contributed by atoms with Gasteiger partial charge in [-0.3, -0.25) is 28.8 Å².